The standard InChI is InChI=1S/C12H14/c1-3-6-11-8-5-9-12(10-11)7-4-2/h5,8-10H,3,6H2,1-2H3. The molecule has 0 aliphatic heterocycles. The van der Waals surface area contributed by atoms with Crippen LogP contribution in [0.25, 0.3) is 0 Å². The molecular formula is C12H14. The first-order chi connectivity index (χ1) is 5.86. The van der Waals surface area contributed by atoms with E-state index in [0.29, 0.717) is 0 Å². The van der Waals surface area contributed by atoms with Gasteiger partial charge in [-0.25, -0.2) is 0 Å². The molecular weight excluding hydrogens is 144 g/mol. The monoisotopic (exact) mass is 158 g/mol. The Labute approximate surface area is 74.6 Å². The summed E-state index contributed by atoms with van der Waals surface area (Å²) in [7, 11) is 0. The van der Waals surface area contributed by atoms with Gasteiger partial charge in [-0.15, -0.1) is 5.92 Å². The van der Waals surface area contributed by atoms with Gasteiger partial charge in [0.2, 0.25) is 0 Å². The highest BCUT2D eigenvalue weighted by Crippen LogP contribution is 2.06. The third-order valence-electron chi connectivity index (χ3n) is 1.73. The second-order valence-corrected chi connectivity index (χ2v) is 2.83. The van der Waals surface area contributed by atoms with Crippen molar-refractivity contribution in [1.29, 1.82) is 0 Å². The minimum atomic E-state index is 1.13. The van der Waals surface area contributed by atoms with E-state index >= 15 is 0 Å². The Kier molecular flexibility index (Phi) is 3.41. The van der Waals surface area contributed by atoms with Crippen LogP contribution in [0, 0.1) is 11.8 Å². The maximum Gasteiger partial charge on any atom is 0.0247 e. The Bertz CT molecular complexity index is 299. The van der Waals surface area contributed by atoms with E-state index < -0.39 is 0 Å². The Morgan fingerprint density at radius 2 is 2.17 bits per heavy atom. The molecule has 0 saturated heterocycles. The van der Waals surface area contributed by atoms with Gasteiger partial charge >= 0.3 is 0 Å². The second-order valence-electron chi connectivity index (χ2n) is 2.83. The fourth-order valence-electron chi connectivity index (χ4n) is 1.24. The van der Waals surface area contributed by atoms with Gasteiger partial charge in [-0.1, -0.05) is 31.4 Å². The van der Waals surface area contributed by atoms with E-state index in [2.05, 4.69) is 43.0 Å². The van der Waals surface area contributed by atoms with Gasteiger partial charge < -0.3 is 0 Å². The molecule has 1 aromatic rings. The van der Waals surface area contributed by atoms with Gasteiger partial charge in [-0.2, -0.15) is 0 Å². The summed E-state index contributed by atoms with van der Waals surface area (Å²) in [6, 6.07) is 8.45. The minimum Gasteiger partial charge on any atom is -0.101 e. The Morgan fingerprint density at radius 1 is 1.33 bits per heavy atom. The van der Waals surface area contributed by atoms with Crippen molar-refractivity contribution >= 4 is 0 Å². The third-order valence-corrected chi connectivity index (χ3v) is 1.73. The summed E-state index contributed by atoms with van der Waals surface area (Å²) < 4.78 is 0. The fraction of sp³-hybridized carbons (Fsp3) is 0.333. The number of rotatable bonds is 2. The van der Waals surface area contributed by atoms with E-state index in [0.717, 1.165) is 12.0 Å². The lowest BCUT2D eigenvalue weighted by Gasteiger charge is -1.97. The van der Waals surface area contributed by atoms with Crippen LogP contribution in [0.2, 0.25) is 0 Å². The number of aryl methyl sites for hydroxylation is 1. The molecule has 0 atom stereocenters. The molecule has 0 unspecified atom stereocenters. The van der Waals surface area contributed by atoms with Gasteiger partial charge in [-0.3, -0.25) is 0 Å². The van der Waals surface area contributed by atoms with Crippen LogP contribution in [-0.2, 0) is 6.42 Å². The average molecular weight is 158 g/mol. The second kappa shape index (κ2) is 4.62. The molecule has 0 spiro atoms. The molecule has 0 radical (unpaired) electrons. The van der Waals surface area contributed by atoms with Crippen molar-refractivity contribution in [2.75, 3.05) is 0 Å². The topological polar surface area (TPSA) is 0 Å². The van der Waals surface area contributed by atoms with Crippen molar-refractivity contribution in [1.82, 2.24) is 0 Å². The molecule has 0 aliphatic rings. The van der Waals surface area contributed by atoms with Crippen molar-refractivity contribution in [3.63, 3.8) is 0 Å². The molecule has 0 fully saturated rings. The van der Waals surface area contributed by atoms with Crippen molar-refractivity contribution in [2.24, 2.45) is 0 Å². The average Bonchev–Trinajstić information content (AvgIpc) is 2.06. The quantitative estimate of drug-likeness (QED) is 0.580. The minimum absolute atomic E-state index is 1.13. The smallest absolute Gasteiger partial charge is 0.0247 e. The molecule has 12 heavy (non-hydrogen) atoms. The van der Waals surface area contributed by atoms with E-state index in [-0.39, 0.29) is 0 Å². The molecule has 0 heteroatoms. The highest BCUT2D eigenvalue weighted by molar-refractivity contribution is 5.36. The van der Waals surface area contributed by atoms with Gasteiger partial charge in [0.05, 0.1) is 0 Å². The molecule has 0 bridgehead atoms. The van der Waals surface area contributed by atoms with Crippen LogP contribution in [0.3, 0.4) is 0 Å². The van der Waals surface area contributed by atoms with Gasteiger partial charge in [0.1, 0.15) is 0 Å². The summed E-state index contributed by atoms with van der Waals surface area (Å²) in [6.07, 6.45) is 2.35. The maximum atomic E-state index is 3.06. The van der Waals surface area contributed by atoms with E-state index in [9.17, 15) is 0 Å². The summed E-state index contributed by atoms with van der Waals surface area (Å²) in [4.78, 5) is 0. The molecule has 0 aromatic heterocycles. The molecule has 0 N–H and O–H groups in total. The first-order valence-corrected chi connectivity index (χ1v) is 4.38. The highest BCUT2D eigenvalue weighted by Gasteiger charge is 1.91. The summed E-state index contributed by atoms with van der Waals surface area (Å²) in [6.45, 7) is 4.06. The first-order valence-electron chi connectivity index (χ1n) is 4.38. The van der Waals surface area contributed by atoms with Crippen LogP contribution in [0.15, 0.2) is 24.3 Å². The van der Waals surface area contributed by atoms with Crippen LogP contribution in [0.4, 0.5) is 0 Å². The van der Waals surface area contributed by atoms with E-state index in [1.165, 1.54) is 12.0 Å². The summed E-state index contributed by atoms with van der Waals surface area (Å²) in [5, 5.41) is 0. The molecule has 62 valence electrons. The van der Waals surface area contributed by atoms with Crippen molar-refractivity contribution < 1.29 is 0 Å². The van der Waals surface area contributed by atoms with E-state index in [4.69, 9.17) is 0 Å². The van der Waals surface area contributed by atoms with Crippen molar-refractivity contribution in [3.8, 4) is 11.8 Å². The van der Waals surface area contributed by atoms with Gasteiger partial charge in [0.15, 0.2) is 0 Å². The summed E-state index contributed by atoms with van der Waals surface area (Å²) in [5.41, 5.74) is 2.52. The molecule has 0 nitrogen and oxygen atoms in total. The predicted molar refractivity (Wildman–Crippen MR) is 53.0 cm³/mol. The number of benzene rings is 1. The van der Waals surface area contributed by atoms with Crippen molar-refractivity contribution in [2.45, 2.75) is 26.7 Å². The number of hydrogen-bond donors (Lipinski definition) is 0. The fourth-order valence-corrected chi connectivity index (χ4v) is 1.24. The maximum absolute atomic E-state index is 3.06. The van der Waals surface area contributed by atoms with E-state index in [1.54, 1.807) is 0 Å². The predicted octanol–water partition coefficient (Wildman–Crippen LogP) is 3.01. The first kappa shape index (κ1) is 8.87. The van der Waals surface area contributed by atoms with Gasteiger partial charge in [0.25, 0.3) is 0 Å². The zero-order valence-corrected chi connectivity index (χ0v) is 7.72. The highest BCUT2D eigenvalue weighted by atomic mass is 14.0. The van der Waals surface area contributed by atoms with Gasteiger partial charge in [-0.05, 0) is 31.0 Å². The van der Waals surface area contributed by atoms with Crippen LogP contribution in [0.1, 0.15) is 31.4 Å². The SMILES string of the molecule is CC#Cc1cccc(CCC)c1. The largest absolute Gasteiger partial charge is 0.101 e. The lowest BCUT2D eigenvalue weighted by Crippen LogP contribution is -1.83. The number of hydrogen-bond acceptors (Lipinski definition) is 0. The molecule has 0 saturated carbocycles. The van der Waals surface area contributed by atoms with E-state index in [1.807, 2.05) is 6.92 Å². The summed E-state index contributed by atoms with van der Waals surface area (Å²) >= 11 is 0. The molecule has 0 amide bonds. The zero-order chi connectivity index (χ0) is 8.81. The Hall–Kier alpha value is -1.22. The van der Waals surface area contributed by atoms with Crippen LogP contribution in [0.5, 0.6) is 0 Å². The molecule has 1 rings (SSSR count). The lowest BCUT2D eigenvalue weighted by atomic mass is 10.1. The molecule has 0 heterocycles. The zero-order valence-electron chi connectivity index (χ0n) is 7.72. The molecule has 0 aliphatic carbocycles. The van der Waals surface area contributed by atoms with Crippen molar-refractivity contribution in [3.05, 3.63) is 35.4 Å². The van der Waals surface area contributed by atoms with Gasteiger partial charge in [0, 0.05) is 5.56 Å². The van der Waals surface area contributed by atoms with Crippen LogP contribution in [-0.4, -0.2) is 0 Å². The lowest BCUT2D eigenvalue weighted by molar-refractivity contribution is 0.921. The third kappa shape index (κ3) is 2.43. The van der Waals surface area contributed by atoms with Crippen LogP contribution < -0.4 is 0 Å². The van der Waals surface area contributed by atoms with Crippen LogP contribution >= 0.6 is 0 Å². The Morgan fingerprint density at radius 3 is 2.83 bits per heavy atom. The molecule has 1 aromatic carbocycles. The Balaban J connectivity index is 2.85. The summed E-state index contributed by atoms with van der Waals surface area (Å²) in [5.74, 6) is 5.96. The normalized spacial score (nSPS) is 8.83.